The second kappa shape index (κ2) is 11.4. The average molecular weight is 601 g/mol. The molecule has 4 aromatic carbocycles. The standard InChI is InChI=1S/C37H32N2O6/c1-22-18-30-35(37(42)38(36(30)41)26-10-7-11-27(20-26)39(43)44)31-21-45-33(34(22)31)17-15-24(23-8-3-2-4-9-23)19-25-14-16-32(40)29-13-6-5-12-28(25)29/h2-14,16,19-20,30-31,33,35,40H,15,17-18,21H2,1H3/b24-19-/t30-,31+,33-,35-/m1/s1. The number of fused-ring (bicyclic) bond motifs is 4. The first-order chi connectivity index (χ1) is 21.8. The molecule has 0 spiro atoms. The van der Waals surface area contributed by atoms with E-state index in [1.165, 1.54) is 18.2 Å². The van der Waals surface area contributed by atoms with Crippen molar-refractivity contribution in [3.05, 3.63) is 123 Å². The van der Waals surface area contributed by atoms with Crippen LogP contribution < -0.4 is 4.90 Å². The highest BCUT2D eigenvalue weighted by Crippen LogP contribution is 2.50. The van der Waals surface area contributed by atoms with Gasteiger partial charge in [-0.1, -0.05) is 78.4 Å². The lowest BCUT2D eigenvalue weighted by Crippen LogP contribution is -2.34. The monoisotopic (exact) mass is 600 g/mol. The summed E-state index contributed by atoms with van der Waals surface area (Å²) >= 11 is 0. The van der Waals surface area contributed by atoms with Crippen molar-refractivity contribution < 1.29 is 24.4 Å². The van der Waals surface area contributed by atoms with Crippen LogP contribution in [-0.2, 0) is 14.3 Å². The van der Waals surface area contributed by atoms with Gasteiger partial charge in [-0.2, -0.15) is 0 Å². The summed E-state index contributed by atoms with van der Waals surface area (Å²) in [5, 5.41) is 23.6. The fraction of sp³-hybridized carbons (Fsp3) is 0.243. The number of allylic oxidation sites excluding steroid dienone is 2. The Kier molecular flexibility index (Phi) is 7.30. The van der Waals surface area contributed by atoms with E-state index >= 15 is 0 Å². The maximum absolute atomic E-state index is 13.8. The summed E-state index contributed by atoms with van der Waals surface area (Å²) in [6.45, 7) is 2.39. The minimum Gasteiger partial charge on any atom is -0.507 e. The second-order valence-electron chi connectivity index (χ2n) is 12.1. The van der Waals surface area contributed by atoms with Crippen LogP contribution in [0.4, 0.5) is 11.4 Å². The van der Waals surface area contributed by atoms with Gasteiger partial charge in [0.25, 0.3) is 5.69 Å². The number of nitro groups is 1. The summed E-state index contributed by atoms with van der Waals surface area (Å²) in [7, 11) is 0. The Morgan fingerprint density at radius 3 is 2.49 bits per heavy atom. The van der Waals surface area contributed by atoms with Crippen molar-refractivity contribution >= 4 is 45.6 Å². The largest absolute Gasteiger partial charge is 0.507 e. The molecule has 4 atom stereocenters. The van der Waals surface area contributed by atoms with E-state index in [0.717, 1.165) is 43.5 Å². The zero-order valence-corrected chi connectivity index (χ0v) is 24.8. The van der Waals surface area contributed by atoms with Crippen LogP contribution in [-0.4, -0.2) is 34.6 Å². The molecule has 8 nitrogen and oxygen atoms in total. The Morgan fingerprint density at radius 1 is 0.956 bits per heavy atom. The van der Waals surface area contributed by atoms with Gasteiger partial charge in [-0.3, -0.25) is 19.7 Å². The molecule has 0 aromatic heterocycles. The van der Waals surface area contributed by atoms with Gasteiger partial charge in [0.2, 0.25) is 11.8 Å². The highest BCUT2D eigenvalue weighted by Gasteiger charge is 2.57. The Labute approximate surface area is 260 Å². The minimum absolute atomic E-state index is 0.162. The van der Waals surface area contributed by atoms with E-state index in [-0.39, 0.29) is 41.0 Å². The number of rotatable bonds is 7. The number of aromatic hydroxyl groups is 1. The van der Waals surface area contributed by atoms with Crippen molar-refractivity contribution in [3.8, 4) is 5.75 Å². The second-order valence-corrected chi connectivity index (χ2v) is 12.1. The zero-order chi connectivity index (χ0) is 31.2. The van der Waals surface area contributed by atoms with Gasteiger partial charge in [-0.15, -0.1) is 0 Å². The number of ether oxygens (including phenoxy) is 1. The topological polar surface area (TPSA) is 110 Å². The molecular formula is C37H32N2O6. The molecule has 7 rings (SSSR count). The lowest BCUT2D eigenvalue weighted by Gasteiger charge is -2.30. The predicted molar refractivity (Wildman–Crippen MR) is 172 cm³/mol. The third-order valence-electron chi connectivity index (χ3n) is 9.54. The molecule has 2 amide bonds. The highest BCUT2D eigenvalue weighted by atomic mass is 16.6. The number of carbonyl (C=O) groups excluding carboxylic acids is 2. The number of phenolic OH excluding ortho intramolecular Hbond substituents is 1. The molecule has 1 aliphatic carbocycles. The van der Waals surface area contributed by atoms with Crippen molar-refractivity contribution in [2.24, 2.45) is 17.8 Å². The van der Waals surface area contributed by atoms with Gasteiger partial charge >= 0.3 is 0 Å². The van der Waals surface area contributed by atoms with Crippen LogP contribution in [0.25, 0.3) is 22.4 Å². The Bertz CT molecular complexity index is 1910. The molecule has 2 fully saturated rings. The maximum atomic E-state index is 13.8. The fourth-order valence-electron chi connectivity index (χ4n) is 7.49. The first-order valence-electron chi connectivity index (χ1n) is 15.2. The van der Waals surface area contributed by atoms with Crippen LogP contribution in [0.3, 0.4) is 0 Å². The van der Waals surface area contributed by atoms with E-state index < -0.39 is 16.8 Å². The van der Waals surface area contributed by atoms with Crippen LogP contribution in [0, 0.1) is 27.9 Å². The predicted octanol–water partition coefficient (Wildman–Crippen LogP) is 7.32. The fourth-order valence-corrected chi connectivity index (χ4v) is 7.49. The molecular weight excluding hydrogens is 568 g/mol. The van der Waals surface area contributed by atoms with Crippen molar-refractivity contribution in [3.63, 3.8) is 0 Å². The van der Waals surface area contributed by atoms with Gasteiger partial charge in [0, 0.05) is 23.4 Å². The van der Waals surface area contributed by atoms with Crippen molar-refractivity contribution in [1.82, 2.24) is 0 Å². The Balaban J connectivity index is 1.16. The summed E-state index contributed by atoms with van der Waals surface area (Å²) in [5.74, 6) is -1.63. The quantitative estimate of drug-likeness (QED) is 0.0783. The van der Waals surface area contributed by atoms with Crippen LogP contribution in [0.2, 0.25) is 0 Å². The molecule has 2 heterocycles. The normalized spacial score (nSPS) is 23.0. The number of hydrogen-bond acceptors (Lipinski definition) is 6. The number of amides is 2. The molecule has 0 unspecified atom stereocenters. The Morgan fingerprint density at radius 2 is 1.71 bits per heavy atom. The molecule has 0 saturated carbocycles. The van der Waals surface area contributed by atoms with E-state index in [1.807, 2.05) is 55.5 Å². The molecule has 45 heavy (non-hydrogen) atoms. The summed E-state index contributed by atoms with van der Waals surface area (Å²) < 4.78 is 6.39. The van der Waals surface area contributed by atoms with Crippen LogP contribution in [0.15, 0.2) is 102 Å². The molecule has 1 N–H and O–H groups in total. The molecule has 8 heteroatoms. The lowest BCUT2D eigenvalue weighted by molar-refractivity contribution is -0.384. The van der Waals surface area contributed by atoms with E-state index in [2.05, 4.69) is 18.2 Å². The van der Waals surface area contributed by atoms with Crippen LogP contribution >= 0.6 is 0 Å². The molecule has 0 radical (unpaired) electrons. The number of nitrogens with zero attached hydrogens (tertiary/aromatic N) is 2. The molecule has 226 valence electrons. The van der Waals surface area contributed by atoms with Gasteiger partial charge in [0.05, 0.1) is 35.2 Å². The molecule has 0 bridgehead atoms. The highest BCUT2D eigenvalue weighted by molar-refractivity contribution is 6.22. The maximum Gasteiger partial charge on any atom is 0.271 e. The van der Waals surface area contributed by atoms with Gasteiger partial charge in [-0.25, -0.2) is 4.90 Å². The smallest absolute Gasteiger partial charge is 0.271 e. The molecule has 4 aromatic rings. The number of phenols is 1. The van der Waals surface area contributed by atoms with Gasteiger partial charge < -0.3 is 9.84 Å². The number of nitro benzene ring substituents is 1. The van der Waals surface area contributed by atoms with E-state index in [9.17, 15) is 24.8 Å². The van der Waals surface area contributed by atoms with Crippen molar-refractivity contribution in [2.45, 2.75) is 32.3 Å². The summed E-state index contributed by atoms with van der Waals surface area (Å²) in [6, 6.07) is 27.4. The third kappa shape index (κ3) is 5.01. The van der Waals surface area contributed by atoms with Crippen LogP contribution in [0.1, 0.15) is 37.3 Å². The number of imide groups is 1. The number of non-ortho nitro benzene ring substituents is 1. The third-order valence-corrected chi connectivity index (χ3v) is 9.54. The van der Waals surface area contributed by atoms with Crippen molar-refractivity contribution in [2.75, 3.05) is 11.5 Å². The van der Waals surface area contributed by atoms with Crippen LogP contribution in [0.5, 0.6) is 5.75 Å². The first-order valence-corrected chi connectivity index (χ1v) is 15.2. The lowest BCUT2D eigenvalue weighted by atomic mass is 9.70. The SMILES string of the molecule is CC1=C2[C@@H](CC/C(=C/c3ccc(O)c4ccccc34)c3ccccc3)OC[C@@H]2[C@@H]2C(=O)N(c3cccc([N+](=O)[O-])c3)C(=O)[C@@H]2C1. The summed E-state index contributed by atoms with van der Waals surface area (Å²) in [6.07, 6.45) is 3.88. The van der Waals surface area contributed by atoms with Gasteiger partial charge in [0.15, 0.2) is 0 Å². The van der Waals surface area contributed by atoms with Gasteiger partial charge in [-0.05, 0) is 66.0 Å². The average Bonchev–Trinajstić information content (AvgIpc) is 3.59. The number of anilines is 1. The molecule has 2 saturated heterocycles. The number of hydrogen-bond donors (Lipinski definition) is 1. The summed E-state index contributed by atoms with van der Waals surface area (Å²) in [5.41, 5.74) is 5.52. The van der Waals surface area contributed by atoms with Gasteiger partial charge in [0.1, 0.15) is 5.75 Å². The van der Waals surface area contributed by atoms with E-state index in [0.29, 0.717) is 25.9 Å². The summed E-state index contributed by atoms with van der Waals surface area (Å²) in [4.78, 5) is 39.3. The van der Waals surface area contributed by atoms with E-state index in [1.54, 1.807) is 12.1 Å². The minimum atomic E-state index is -0.548. The number of carbonyl (C=O) groups is 2. The first kappa shape index (κ1) is 28.7. The van der Waals surface area contributed by atoms with E-state index in [4.69, 9.17) is 4.74 Å². The zero-order valence-electron chi connectivity index (χ0n) is 24.8. The molecule has 2 aliphatic heterocycles. The Hall–Kier alpha value is -5.08. The molecule has 3 aliphatic rings. The number of benzene rings is 4. The van der Waals surface area contributed by atoms with Crippen molar-refractivity contribution in [1.29, 1.82) is 0 Å².